The summed E-state index contributed by atoms with van der Waals surface area (Å²) in [6, 6.07) is 23.9. The Morgan fingerprint density at radius 3 is 0.926 bits per heavy atom. The molecule has 0 bridgehead atoms. The van der Waals surface area contributed by atoms with Crippen LogP contribution in [0.1, 0.15) is 118 Å². The van der Waals surface area contributed by atoms with Crippen molar-refractivity contribution in [1.82, 2.24) is 0 Å². The number of hydrogen-bond donors (Lipinski definition) is 4. The number of ether oxygens (including phenoxy) is 4. The van der Waals surface area contributed by atoms with Crippen molar-refractivity contribution in [2.45, 2.75) is 92.0 Å². The highest BCUT2D eigenvalue weighted by molar-refractivity contribution is 6.02. The molecule has 0 spiro atoms. The van der Waals surface area contributed by atoms with Gasteiger partial charge in [0.1, 0.15) is 37.6 Å². The summed E-state index contributed by atoms with van der Waals surface area (Å²) in [5, 5.41) is 39.1. The summed E-state index contributed by atoms with van der Waals surface area (Å²) < 4.78 is 22.2. The molecule has 16 heteroatoms. The molecule has 16 nitrogen and oxygen atoms in total. The molecule has 4 rings (SSSR count). The molecule has 0 aromatic heterocycles. The minimum Gasteiger partial charge on any atom is -0.461 e. The van der Waals surface area contributed by atoms with E-state index in [0.717, 1.165) is 0 Å². The Bertz CT molecular complexity index is 2230. The largest absolute Gasteiger partial charge is 0.461 e. The number of carbonyl (C=O) groups is 8. The lowest BCUT2D eigenvalue weighted by Crippen LogP contribution is -2.36. The van der Waals surface area contributed by atoms with Crippen LogP contribution >= 0.6 is 0 Å². The zero-order valence-corrected chi connectivity index (χ0v) is 38.9. The number of aliphatic hydroxyl groups is 4. The minimum atomic E-state index is -1.70. The summed E-state index contributed by atoms with van der Waals surface area (Å²) in [4.78, 5) is 106. The molecule has 4 N–H and O–H groups in total. The van der Waals surface area contributed by atoms with Crippen molar-refractivity contribution < 1.29 is 77.7 Å². The number of hydrogen-bond acceptors (Lipinski definition) is 16. The van der Waals surface area contributed by atoms with Crippen LogP contribution in [-0.4, -0.2) is 91.9 Å². The lowest BCUT2D eigenvalue weighted by molar-refractivity contribution is -0.169. The Morgan fingerprint density at radius 2 is 0.676 bits per heavy atom. The summed E-state index contributed by atoms with van der Waals surface area (Å²) >= 11 is 0. The predicted molar refractivity (Wildman–Crippen MR) is 244 cm³/mol. The molecular weight excluding hydrogens is 881 g/mol. The molecule has 4 aromatic carbocycles. The average Bonchev–Trinajstić information content (AvgIpc) is 3.33. The van der Waals surface area contributed by atoms with E-state index >= 15 is 0 Å². The second kappa shape index (κ2) is 24.3. The quantitative estimate of drug-likeness (QED) is 0.0363. The van der Waals surface area contributed by atoms with E-state index in [2.05, 4.69) is 0 Å². The predicted octanol–water partition coefficient (Wildman–Crippen LogP) is 5.50. The van der Waals surface area contributed by atoms with Crippen LogP contribution in [0.25, 0.3) is 0 Å². The summed E-state index contributed by atoms with van der Waals surface area (Å²) in [6.45, 7) is 6.39. The molecule has 362 valence electrons. The third-order valence-corrected chi connectivity index (χ3v) is 10.9. The smallest absolute Gasteiger partial charge is 0.310 e. The van der Waals surface area contributed by atoms with Crippen molar-refractivity contribution in [3.63, 3.8) is 0 Å². The molecule has 4 atom stereocenters. The molecule has 0 aliphatic carbocycles. The second-order valence-electron chi connectivity index (χ2n) is 17.6. The highest BCUT2D eigenvalue weighted by Crippen LogP contribution is 2.27. The van der Waals surface area contributed by atoms with Gasteiger partial charge in [0.2, 0.25) is 0 Å². The van der Waals surface area contributed by atoms with E-state index in [1.165, 1.54) is 100 Å². The molecule has 0 saturated heterocycles. The number of ketones is 4. The molecule has 0 amide bonds. The first-order valence-corrected chi connectivity index (χ1v) is 21.9. The fourth-order valence-electron chi connectivity index (χ4n) is 6.58. The van der Waals surface area contributed by atoms with Gasteiger partial charge in [-0.15, -0.1) is 0 Å². The number of carbonyl (C=O) groups excluding carboxylic acids is 8. The van der Waals surface area contributed by atoms with Gasteiger partial charge in [0.05, 0.1) is 37.9 Å². The number of Topliss-reactive ketones (excluding diaryl/α,β-unsaturated/α-hetero) is 4. The maximum Gasteiger partial charge on any atom is 0.310 e. The van der Waals surface area contributed by atoms with Gasteiger partial charge in [-0.25, -0.2) is 0 Å². The van der Waals surface area contributed by atoms with Crippen LogP contribution in [0.15, 0.2) is 97.1 Å². The zero-order valence-electron chi connectivity index (χ0n) is 38.9. The fourth-order valence-corrected chi connectivity index (χ4v) is 6.58. The molecule has 0 fully saturated rings. The van der Waals surface area contributed by atoms with E-state index in [1.54, 1.807) is 38.1 Å². The van der Waals surface area contributed by atoms with Crippen molar-refractivity contribution in [3.8, 4) is 0 Å². The van der Waals surface area contributed by atoms with Crippen molar-refractivity contribution in [1.29, 1.82) is 0 Å². The van der Waals surface area contributed by atoms with E-state index in [-0.39, 0.29) is 49.1 Å². The van der Waals surface area contributed by atoms with Crippen LogP contribution in [-0.2, 0) is 64.6 Å². The molecule has 0 heterocycles. The molecule has 68 heavy (non-hydrogen) atoms. The van der Waals surface area contributed by atoms with Gasteiger partial charge < -0.3 is 39.4 Å². The van der Waals surface area contributed by atoms with Gasteiger partial charge in [-0.3, -0.25) is 38.4 Å². The maximum atomic E-state index is 14.1. The number of rotatable bonds is 25. The molecular formula is C52H58O16. The van der Waals surface area contributed by atoms with Crippen molar-refractivity contribution >= 4 is 47.0 Å². The van der Waals surface area contributed by atoms with E-state index in [9.17, 15) is 58.8 Å². The normalized spacial score (nSPS) is 13.3. The highest BCUT2D eigenvalue weighted by Gasteiger charge is 2.40. The van der Waals surface area contributed by atoms with Gasteiger partial charge >= 0.3 is 23.9 Å². The lowest BCUT2D eigenvalue weighted by atomic mass is 9.86. The number of esters is 4. The average molecular weight is 939 g/mol. The third-order valence-electron chi connectivity index (χ3n) is 10.9. The summed E-state index contributed by atoms with van der Waals surface area (Å²) in [7, 11) is 0. The maximum absolute atomic E-state index is 14.1. The first kappa shape index (κ1) is 53.9. The van der Waals surface area contributed by atoms with Crippen LogP contribution in [0.5, 0.6) is 0 Å². The summed E-state index contributed by atoms with van der Waals surface area (Å²) in [5.74, 6) is -10.5. The Labute approximate surface area is 394 Å². The minimum absolute atomic E-state index is 0.190. The lowest BCUT2D eigenvalue weighted by Gasteiger charge is -2.24. The topological polar surface area (TPSA) is 254 Å². The van der Waals surface area contributed by atoms with Gasteiger partial charge in [-0.1, -0.05) is 111 Å². The first-order chi connectivity index (χ1) is 32.0. The Morgan fingerprint density at radius 1 is 0.426 bits per heavy atom. The molecule has 0 aliphatic rings. The monoisotopic (exact) mass is 938 g/mol. The zero-order chi connectivity index (χ0) is 50.3. The van der Waals surface area contributed by atoms with Crippen molar-refractivity contribution in [3.05, 3.63) is 142 Å². The molecule has 4 unspecified atom stereocenters. The van der Waals surface area contributed by atoms with Crippen LogP contribution in [0, 0.1) is 23.7 Å². The Kier molecular flexibility index (Phi) is 19.3. The molecule has 0 saturated carbocycles. The van der Waals surface area contributed by atoms with Gasteiger partial charge in [-0.2, -0.15) is 0 Å². The Balaban J connectivity index is 1.62. The number of benzene rings is 4. The molecule has 0 radical (unpaired) electrons. The number of aliphatic hydroxyl groups excluding tert-OH is 2. The SMILES string of the molecule is CC(CO)C(=O)c1ccc(COC(=O)CC(C(=O)OCc2ccc(C(=O)C(C)(C)O)cc2)C(CC(=O)OCc2ccc(C(=O)C(C)CO)cc2)C(=O)OCc2ccc(C(=O)C(C)(C)O)cc2)cc1. The van der Waals surface area contributed by atoms with Gasteiger partial charge in [0.15, 0.2) is 23.1 Å². The molecule has 4 aromatic rings. The summed E-state index contributed by atoms with van der Waals surface area (Å²) in [5.41, 5.74) is -0.539. The van der Waals surface area contributed by atoms with Gasteiger partial charge in [0.25, 0.3) is 0 Å². The van der Waals surface area contributed by atoms with Crippen molar-refractivity contribution in [2.75, 3.05) is 13.2 Å². The first-order valence-electron chi connectivity index (χ1n) is 21.9. The Hall–Kier alpha value is -6.72. The van der Waals surface area contributed by atoms with E-state index in [1.807, 2.05) is 0 Å². The van der Waals surface area contributed by atoms with Crippen LogP contribution in [0.2, 0.25) is 0 Å². The van der Waals surface area contributed by atoms with E-state index in [0.29, 0.717) is 33.4 Å². The molecule has 0 aliphatic heterocycles. The van der Waals surface area contributed by atoms with Crippen molar-refractivity contribution in [2.24, 2.45) is 23.7 Å². The highest BCUT2D eigenvalue weighted by atomic mass is 16.6. The van der Waals surface area contributed by atoms with Crippen LogP contribution in [0.4, 0.5) is 0 Å². The third kappa shape index (κ3) is 15.7. The van der Waals surface area contributed by atoms with E-state index < -0.39 is 96.4 Å². The fraction of sp³-hybridized carbons (Fsp3) is 0.385. The van der Waals surface area contributed by atoms with E-state index in [4.69, 9.17) is 18.9 Å². The van der Waals surface area contributed by atoms with Gasteiger partial charge in [-0.05, 0) is 49.9 Å². The second-order valence-corrected chi connectivity index (χ2v) is 17.6. The van der Waals surface area contributed by atoms with Crippen LogP contribution in [0.3, 0.4) is 0 Å². The van der Waals surface area contributed by atoms with Crippen LogP contribution < -0.4 is 0 Å². The van der Waals surface area contributed by atoms with Gasteiger partial charge in [0, 0.05) is 34.1 Å². The standard InChI is InChI=1S/C52H58O16/c1-31(25-53)45(57)37-15-7-33(8-16-37)27-65-43(55)23-41(49(61)67-29-35-11-19-39(20-12-35)47(59)51(3,4)63)42(50(62)68-30-36-13-21-40(22-14-36)48(60)52(5,6)64)24-44(56)66-28-34-9-17-38(18-10-34)46(58)32(2)26-54/h7-22,31-32,41-42,53-54,63-64H,23-30H2,1-6H3. The summed E-state index contributed by atoms with van der Waals surface area (Å²) in [6.07, 6.45) is -1.57.